The number of hydrogen-bond donors (Lipinski definition) is 1. The van der Waals surface area contributed by atoms with E-state index in [-0.39, 0.29) is 17.5 Å². The topological polar surface area (TPSA) is 55.2 Å². The number of aliphatic hydroxyl groups excluding tert-OH is 1. The molecular formula is C11H18N2O2S2. The number of ether oxygens (including phenoxy) is 1. The highest BCUT2D eigenvalue weighted by Gasteiger charge is 2.25. The van der Waals surface area contributed by atoms with Crippen LogP contribution in [0.1, 0.15) is 39.5 Å². The van der Waals surface area contributed by atoms with Gasteiger partial charge in [-0.1, -0.05) is 29.7 Å². The molecule has 1 aromatic heterocycles. The van der Waals surface area contributed by atoms with Crippen LogP contribution in [0.25, 0.3) is 0 Å². The third kappa shape index (κ3) is 3.82. The molecule has 1 saturated carbocycles. The molecule has 0 bridgehead atoms. The maximum absolute atomic E-state index is 9.89. The fourth-order valence-corrected chi connectivity index (χ4v) is 4.09. The van der Waals surface area contributed by atoms with E-state index in [0.29, 0.717) is 5.19 Å². The minimum atomic E-state index is -0.202. The lowest BCUT2D eigenvalue weighted by Crippen LogP contribution is -2.26. The molecule has 0 aliphatic heterocycles. The van der Waals surface area contributed by atoms with Crippen molar-refractivity contribution >= 4 is 23.1 Å². The van der Waals surface area contributed by atoms with Crippen molar-refractivity contribution in [2.45, 2.75) is 61.3 Å². The Bertz CT molecular complexity index is 357. The molecule has 96 valence electrons. The Labute approximate surface area is 110 Å². The van der Waals surface area contributed by atoms with E-state index < -0.39 is 0 Å². The molecule has 1 N–H and O–H groups in total. The summed E-state index contributed by atoms with van der Waals surface area (Å²) in [5.41, 5.74) is 0. The summed E-state index contributed by atoms with van der Waals surface area (Å²) in [5, 5.41) is 18.9. The van der Waals surface area contributed by atoms with Crippen molar-refractivity contribution in [2.75, 3.05) is 0 Å². The molecule has 1 aliphatic rings. The van der Waals surface area contributed by atoms with Crippen molar-refractivity contribution in [1.29, 1.82) is 0 Å². The van der Waals surface area contributed by atoms with Crippen LogP contribution < -0.4 is 4.74 Å². The molecule has 1 heterocycles. The van der Waals surface area contributed by atoms with Gasteiger partial charge < -0.3 is 9.84 Å². The zero-order chi connectivity index (χ0) is 12.3. The van der Waals surface area contributed by atoms with E-state index in [0.717, 1.165) is 23.6 Å². The molecule has 1 aliphatic carbocycles. The van der Waals surface area contributed by atoms with Gasteiger partial charge in [-0.05, 0) is 38.0 Å². The summed E-state index contributed by atoms with van der Waals surface area (Å²) in [6.07, 6.45) is 4.23. The molecule has 0 radical (unpaired) electrons. The average Bonchev–Trinajstić information content (AvgIpc) is 2.68. The van der Waals surface area contributed by atoms with E-state index in [2.05, 4.69) is 10.2 Å². The molecule has 2 atom stereocenters. The SMILES string of the molecule is CC(C)Oc1nnc(SC2CCCCC2O)s1. The Kier molecular flexibility index (Phi) is 4.64. The maximum atomic E-state index is 9.89. The van der Waals surface area contributed by atoms with Crippen molar-refractivity contribution in [3.63, 3.8) is 0 Å². The number of rotatable bonds is 4. The Balaban J connectivity index is 1.91. The predicted molar refractivity (Wildman–Crippen MR) is 69.8 cm³/mol. The normalized spacial score (nSPS) is 25.2. The first-order valence-electron chi connectivity index (χ1n) is 6.00. The van der Waals surface area contributed by atoms with Gasteiger partial charge in [0, 0.05) is 5.25 Å². The first-order valence-corrected chi connectivity index (χ1v) is 7.69. The summed E-state index contributed by atoms with van der Waals surface area (Å²) in [5.74, 6) is 0. The number of nitrogens with zero attached hydrogens (tertiary/aromatic N) is 2. The number of thioether (sulfide) groups is 1. The highest BCUT2D eigenvalue weighted by molar-refractivity contribution is 8.01. The van der Waals surface area contributed by atoms with Gasteiger partial charge in [-0.25, -0.2) is 0 Å². The van der Waals surface area contributed by atoms with Gasteiger partial charge in [0.2, 0.25) is 0 Å². The van der Waals surface area contributed by atoms with Gasteiger partial charge in [-0.15, -0.1) is 5.10 Å². The molecule has 6 heteroatoms. The smallest absolute Gasteiger partial charge is 0.295 e. The number of aromatic nitrogens is 2. The van der Waals surface area contributed by atoms with Crippen LogP contribution in [0.15, 0.2) is 4.34 Å². The summed E-state index contributed by atoms with van der Waals surface area (Å²) in [4.78, 5) is 0. The highest BCUT2D eigenvalue weighted by atomic mass is 32.2. The molecule has 2 rings (SSSR count). The zero-order valence-electron chi connectivity index (χ0n) is 10.1. The second-order valence-electron chi connectivity index (χ2n) is 4.51. The van der Waals surface area contributed by atoms with Gasteiger partial charge >= 0.3 is 0 Å². The van der Waals surface area contributed by atoms with Crippen LogP contribution in [0, 0.1) is 0 Å². The fourth-order valence-electron chi connectivity index (χ4n) is 1.84. The first-order chi connectivity index (χ1) is 8.15. The van der Waals surface area contributed by atoms with Gasteiger partial charge in [-0.2, -0.15) is 0 Å². The zero-order valence-corrected chi connectivity index (χ0v) is 11.8. The summed E-state index contributed by atoms with van der Waals surface area (Å²) < 4.78 is 6.37. The predicted octanol–water partition coefficient (Wildman–Crippen LogP) is 2.72. The van der Waals surface area contributed by atoms with Crippen LogP contribution >= 0.6 is 23.1 Å². The number of hydrogen-bond acceptors (Lipinski definition) is 6. The molecule has 4 nitrogen and oxygen atoms in total. The van der Waals surface area contributed by atoms with Gasteiger partial charge in [0.25, 0.3) is 5.19 Å². The monoisotopic (exact) mass is 274 g/mol. The van der Waals surface area contributed by atoms with Crippen molar-refractivity contribution in [3.05, 3.63) is 0 Å². The lowest BCUT2D eigenvalue weighted by atomic mass is 9.97. The van der Waals surface area contributed by atoms with Crippen LogP contribution in [0.2, 0.25) is 0 Å². The standard InChI is InChI=1S/C11H18N2O2S2/c1-7(2)15-10-12-13-11(17-10)16-9-6-4-3-5-8(9)14/h7-9,14H,3-6H2,1-2H3. The van der Waals surface area contributed by atoms with Crippen LogP contribution in [-0.4, -0.2) is 32.8 Å². The van der Waals surface area contributed by atoms with Gasteiger partial charge in [0.15, 0.2) is 4.34 Å². The molecule has 0 amide bonds. The molecule has 1 fully saturated rings. The molecule has 0 aromatic carbocycles. The minimum absolute atomic E-state index is 0.126. The van der Waals surface area contributed by atoms with Crippen molar-refractivity contribution in [1.82, 2.24) is 10.2 Å². The second-order valence-corrected chi connectivity index (χ2v) is 6.93. The summed E-state index contributed by atoms with van der Waals surface area (Å²) in [6.45, 7) is 3.94. The lowest BCUT2D eigenvalue weighted by Gasteiger charge is -2.25. The molecule has 17 heavy (non-hydrogen) atoms. The fraction of sp³-hybridized carbons (Fsp3) is 0.818. The van der Waals surface area contributed by atoms with Crippen LogP contribution in [-0.2, 0) is 0 Å². The van der Waals surface area contributed by atoms with Crippen LogP contribution in [0.3, 0.4) is 0 Å². The number of aliphatic hydroxyl groups is 1. The summed E-state index contributed by atoms with van der Waals surface area (Å²) in [6, 6.07) is 0. The van der Waals surface area contributed by atoms with Crippen LogP contribution in [0.5, 0.6) is 5.19 Å². The minimum Gasteiger partial charge on any atom is -0.466 e. The van der Waals surface area contributed by atoms with Gasteiger partial charge in [0.1, 0.15) is 0 Å². The Hall–Kier alpha value is -0.330. The van der Waals surface area contributed by atoms with E-state index in [1.165, 1.54) is 17.8 Å². The molecule has 0 spiro atoms. The van der Waals surface area contributed by atoms with E-state index in [4.69, 9.17) is 4.74 Å². The van der Waals surface area contributed by atoms with Crippen molar-refractivity contribution < 1.29 is 9.84 Å². The summed E-state index contributed by atoms with van der Waals surface area (Å²) >= 11 is 3.10. The van der Waals surface area contributed by atoms with E-state index >= 15 is 0 Å². The van der Waals surface area contributed by atoms with E-state index in [9.17, 15) is 5.11 Å². The molecule has 1 aromatic rings. The first kappa shape index (κ1) is 13.1. The van der Waals surface area contributed by atoms with Crippen molar-refractivity contribution in [3.8, 4) is 5.19 Å². The third-order valence-electron chi connectivity index (χ3n) is 2.64. The molecule has 0 saturated heterocycles. The Morgan fingerprint density at radius 3 is 2.82 bits per heavy atom. The Morgan fingerprint density at radius 1 is 1.35 bits per heavy atom. The quantitative estimate of drug-likeness (QED) is 0.915. The second kappa shape index (κ2) is 6.02. The van der Waals surface area contributed by atoms with Gasteiger partial charge in [0.05, 0.1) is 12.2 Å². The molecule has 2 unspecified atom stereocenters. The van der Waals surface area contributed by atoms with Gasteiger partial charge in [-0.3, -0.25) is 0 Å². The van der Waals surface area contributed by atoms with Crippen molar-refractivity contribution in [2.24, 2.45) is 0 Å². The van der Waals surface area contributed by atoms with E-state index in [1.807, 2.05) is 13.8 Å². The summed E-state index contributed by atoms with van der Waals surface area (Å²) in [7, 11) is 0. The Morgan fingerprint density at radius 2 is 2.12 bits per heavy atom. The van der Waals surface area contributed by atoms with E-state index in [1.54, 1.807) is 11.8 Å². The lowest BCUT2D eigenvalue weighted by molar-refractivity contribution is 0.137. The largest absolute Gasteiger partial charge is 0.466 e. The van der Waals surface area contributed by atoms with Crippen LogP contribution in [0.4, 0.5) is 0 Å². The maximum Gasteiger partial charge on any atom is 0.295 e. The third-order valence-corrected chi connectivity index (χ3v) is 4.93. The average molecular weight is 274 g/mol. The highest BCUT2D eigenvalue weighted by Crippen LogP contribution is 2.36. The molecular weight excluding hydrogens is 256 g/mol.